The van der Waals surface area contributed by atoms with Crippen molar-refractivity contribution in [1.82, 2.24) is 5.32 Å². The zero-order valence-corrected chi connectivity index (χ0v) is 13.5. The highest BCUT2D eigenvalue weighted by Crippen LogP contribution is 2.30. The zero-order chi connectivity index (χ0) is 15.3. The molecule has 114 valence electrons. The lowest BCUT2D eigenvalue weighted by Gasteiger charge is -2.23. The molecule has 0 bridgehead atoms. The van der Waals surface area contributed by atoms with Crippen LogP contribution in [0.1, 0.15) is 31.9 Å². The molecule has 1 rings (SSSR count). The molecule has 2 nitrogen and oxygen atoms in total. The first-order valence-electron chi connectivity index (χ1n) is 6.55. The molecule has 0 saturated heterocycles. The van der Waals surface area contributed by atoms with Gasteiger partial charge in [0.2, 0.25) is 0 Å². The maximum absolute atomic E-state index is 12.4. The Morgan fingerprint density at radius 2 is 2.00 bits per heavy atom. The summed E-state index contributed by atoms with van der Waals surface area (Å²) in [6.07, 6.45) is -3.17. The molecule has 20 heavy (non-hydrogen) atoms. The van der Waals surface area contributed by atoms with Crippen molar-refractivity contribution in [2.75, 3.05) is 25.0 Å². The Balaban J connectivity index is 2.82. The van der Waals surface area contributed by atoms with Crippen molar-refractivity contribution in [3.05, 3.63) is 28.2 Å². The van der Waals surface area contributed by atoms with Crippen LogP contribution < -0.4 is 10.2 Å². The SMILES string of the molecule is CCCNC(C)c1ccc(N(C)CC(F)(F)F)c(Br)c1. The van der Waals surface area contributed by atoms with Gasteiger partial charge in [-0.2, -0.15) is 13.2 Å². The Morgan fingerprint density at radius 1 is 1.35 bits per heavy atom. The second-order valence-corrected chi connectivity index (χ2v) is 5.71. The van der Waals surface area contributed by atoms with Gasteiger partial charge in [-0.25, -0.2) is 0 Å². The molecule has 0 aliphatic carbocycles. The number of halogens is 4. The molecular weight excluding hydrogens is 333 g/mol. The van der Waals surface area contributed by atoms with Crippen molar-refractivity contribution < 1.29 is 13.2 Å². The molecule has 0 saturated carbocycles. The summed E-state index contributed by atoms with van der Waals surface area (Å²) in [5.41, 5.74) is 1.59. The number of nitrogens with one attached hydrogen (secondary N) is 1. The first-order chi connectivity index (χ1) is 9.24. The fourth-order valence-corrected chi connectivity index (χ4v) is 2.63. The van der Waals surface area contributed by atoms with E-state index in [0.29, 0.717) is 10.2 Å². The van der Waals surface area contributed by atoms with Crippen LogP contribution in [-0.4, -0.2) is 26.3 Å². The van der Waals surface area contributed by atoms with Crippen LogP contribution in [0, 0.1) is 0 Å². The van der Waals surface area contributed by atoms with Crippen molar-refractivity contribution in [2.24, 2.45) is 0 Å². The van der Waals surface area contributed by atoms with E-state index in [1.165, 1.54) is 11.9 Å². The van der Waals surface area contributed by atoms with E-state index in [0.717, 1.165) is 18.5 Å². The maximum atomic E-state index is 12.4. The molecule has 0 fully saturated rings. The van der Waals surface area contributed by atoms with Crippen LogP contribution in [-0.2, 0) is 0 Å². The van der Waals surface area contributed by atoms with Crippen LogP contribution in [0.2, 0.25) is 0 Å². The van der Waals surface area contributed by atoms with Gasteiger partial charge in [0.25, 0.3) is 0 Å². The molecule has 6 heteroatoms. The second kappa shape index (κ2) is 7.31. The number of rotatable bonds is 6. The number of anilines is 1. The standard InChI is InChI=1S/C14H20BrF3N2/c1-4-7-19-10(2)11-5-6-13(12(15)8-11)20(3)9-14(16,17)18/h5-6,8,10,19H,4,7,9H2,1-3H3. The van der Waals surface area contributed by atoms with Crippen molar-refractivity contribution in [3.8, 4) is 0 Å². The highest BCUT2D eigenvalue weighted by Gasteiger charge is 2.30. The number of hydrogen-bond donors (Lipinski definition) is 1. The van der Waals surface area contributed by atoms with E-state index in [9.17, 15) is 13.2 Å². The summed E-state index contributed by atoms with van der Waals surface area (Å²) < 4.78 is 37.9. The minimum atomic E-state index is -4.21. The van der Waals surface area contributed by atoms with Gasteiger partial charge in [-0.1, -0.05) is 13.0 Å². The molecule has 0 heterocycles. The number of benzene rings is 1. The predicted molar refractivity (Wildman–Crippen MR) is 80.2 cm³/mol. The first kappa shape index (κ1) is 17.3. The van der Waals surface area contributed by atoms with Gasteiger partial charge >= 0.3 is 6.18 Å². The van der Waals surface area contributed by atoms with Crippen LogP contribution in [0.5, 0.6) is 0 Å². The molecule has 0 aliphatic heterocycles. The second-order valence-electron chi connectivity index (χ2n) is 4.86. The Morgan fingerprint density at radius 3 is 2.50 bits per heavy atom. The molecule has 1 unspecified atom stereocenters. The average Bonchev–Trinajstić information content (AvgIpc) is 2.33. The number of nitrogens with zero attached hydrogens (tertiary/aromatic N) is 1. The van der Waals surface area contributed by atoms with Gasteiger partial charge in [0.1, 0.15) is 6.54 Å². The summed E-state index contributed by atoms with van der Waals surface area (Å²) >= 11 is 3.35. The van der Waals surface area contributed by atoms with E-state index in [2.05, 4.69) is 28.2 Å². The van der Waals surface area contributed by atoms with Gasteiger partial charge in [-0.3, -0.25) is 0 Å². The Hall–Kier alpha value is -0.750. The number of hydrogen-bond acceptors (Lipinski definition) is 2. The van der Waals surface area contributed by atoms with E-state index >= 15 is 0 Å². The number of alkyl halides is 3. The van der Waals surface area contributed by atoms with E-state index in [-0.39, 0.29) is 6.04 Å². The summed E-state index contributed by atoms with van der Waals surface area (Å²) in [7, 11) is 1.44. The summed E-state index contributed by atoms with van der Waals surface area (Å²) in [6.45, 7) is 4.07. The topological polar surface area (TPSA) is 15.3 Å². The summed E-state index contributed by atoms with van der Waals surface area (Å²) in [4.78, 5) is 1.19. The smallest absolute Gasteiger partial charge is 0.365 e. The Bertz CT molecular complexity index is 435. The fraction of sp³-hybridized carbons (Fsp3) is 0.571. The van der Waals surface area contributed by atoms with Gasteiger partial charge in [-0.05, 0) is 53.5 Å². The monoisotopic (exact) mass is 352 g/mol. The van der Waals surface area contributed by atoms with Crippen molar-refractivity contribution in [1.29, 1.82) is 0 Å². The van der Waals surface area contributed by atoms with Crippen LogP contribution in [0.15, 0.2) is 22.7 Å². The molecule has 0 aromatic heterocycles. The highest BCUT2D eigenvalue weighted by molar-refractivity contribution is 9.10. The summed E-state index contributed by atoms with van der Waals surface area (Å²) in [5, 5.41) is 3.35. The molecule has 1 aromatic rings. The van der Waals surface area contributed by atoms with Crippen molar-refractivity contribution >= 4 is 21.6 Å². The average molecular weight is 353 g/mol. The molecule has 0 aliphatic rings. The summed E-state index contributed by atoms with van der Waals surface area (Å²) in [5.74, 6) is 0. The fourth-order valence-electron chi connectivity index (χ4n) is 1.93. The lowest BCUT2D eigenvalue weighted by atomic mass is 10.1. The van der Waals surface area contributed by atoms with Crippen LogP contribution in [0.4, 0.5) is 18.9 Å². The van der Waals surface area contributed by atoms with Crippen molar-refractivity contribution in [2.45, 2.75) is 32.5 Å². The third-order valence-electron chi connectivity index (χ3n) is 3.00. The zero-order valence-electron chi connectivity index (χ0n) is 11.9. The molecular formula is C14H20BrF3N2. The third-order valence-corrected chi connectivity index (χ3v) is 3.64. The Kier molecular flexibility index (Phi) is 6.33. The van der Waals surface area contributed by atoms with E-state index < -0.39 is 12.7 Å². The van der Waals surface area contributed by atoms with Gasteiger partial charge < -0.3 is 10.2 Å². The maximum Gasteiger partial charge on any atom is 0.405 e. The normalized spacial score (nSPS) is 13.3. The molecule has 1 aromatic carbocycles. The van der Waals surface area contributed by atoms with Gasteiger partial charge in [0, 0.05) is 17.6 Å². The van der Waals surface area contributed by atoms with Crippen molar-refractivity contribution in [3.63, 3.8) is 0 Å². The van der Waals surface area contributed by atoms with Gasteiger partial charge in [0.15, 0.2) is 0 Å². The van der Waals surface area contributed by atoms with Gasteiger partial charge in [-0.15, -0.1) is 0 Å². The quantitative estimate of drug-likeness (QED) is 0.810. The minimum Gasteiger partial charge on any atom is -0.365 e. The van der Waals surface area contributed by atoms with Crippen LogP contribution in [0.25, 0.3) is 0 Å². The Labute approximate surface area is 126 Å². The lowest BCUT2D eigenvalue weighted by molar-refractivity contribution is -0.119. The largest absolute Gasteiger partial charge is 0.405 e. The third kappa shape index (κ3) is 5.32. The van der Waals surface area contributed by atoms with E-state index in [4.69, 9.17) is 0 Å². The van der Waals surface area contributed by atoms with Gasteiger partial charge in [0.05, 0.1) is 5.69 Å². The molecule has 1 N–H and O–H groups in total. The van der Waals surface area contributed by atoms with Crippen LogP contribution in [0.3, 0.4) is 0 Å². The molecule has 0 spiro atoms. The minimum absolute atomic E-state index is 0.174. The van der Waals surface area contributed by atoms with Crippen LogP contribution >= 0.6 is 15.9 Å². The first-order valence-corrected chi connectivity index (χ1v) is 7.34. The molecule has 0 radical (unpaired) electrons. The summed E-state index contributed by atoms with van der Waals surface area (Å²) in [6, 6.07) is 5.62. The lowest BCUT2D eigenvalue weighted by Crippen LogP contribution is -2.31. The molecule has 1 atom stereocenters. The predicted octanol–water partition coefficient (Wildman–Crippen LogP) is 4.51. The van der Waals surface area contributed by atoms with E-state index in [1.807, 2.05) is 19.1 Å². The highest BCUT2D eigenvalue weighted by atomic mass is 79.9. The molecule has 0 amide bonds. The van der Waals surface area contributed by atoms with E-state index in [1.54, 1.807) is 6.07 Å².